The fourth-order valence-electron chi connectivity index (χ4n) is 1.00. The largest absolute Gasteiger partial charge is 0.378 e. The lowest BCUT2D eigenvalue weighted by atomic mass is 10.2. The molecule has 0 amide bonds. The van der Waals surface area contributed by atoms with Gasteiger partial charge in [0.1, 0.15) is 0 Å². The maximum atomic E-state index is 5.71. The van der Waals surface area contributed by atoms with Crippen LogP contribution in [0.25, 0.3) is 0 Å². The zero-order valence-corrected chi connectivity index (χ0v) is 7.54. The molecule has 2 unspecified atom stereocenters. The Morgan fingerprint density at radius 2 is 2.33 bits per heavy atom. The Kier molecular flexibility index (Phi) is 2.69. The molecule has 1 saturated heterocycles. The van der Waals surface area contributed by atoms with Gasteiger partial charge in [0.2, 0.25) is 0 Å². The molecule has 0 aliphatic carbocycles. The van der Waals surface area contributed by atoms with Gasteiger partial charge in [0.05, 0.1) is 6.10 Å². The Balaban J connectivity index is 2.38. The zero-order chi connectivity index (χ0) is 6.85. The minimum absolute atomic E-state index is 0.201. The quantitative estimate of drug-likeness (QED) is 0.519. The molecule has 0 aromatic rings. The van der Waals surface area contributed by atoms with E-state index in [0.29, 0.717) is 0 Å². The summed E-state index contributed by atoms with van der Waals surface area (Å²) in [5.41, 5.74) is 5.71. The number of methoxy groups -OCH3 is 1. The van der Waals surface area contributed by atoms with E-state index in [4.69, 9.17) is 10.5 Å². The van der Waals surface area contributed by atoms with Crippen LogP contribution in [-0.4, -0.2) is 35.5 Å². The highest BCUT2D eigenvalue weighted by Gasteiger charge is 2.28. The third-order valence-corrected chi connectivity index (χ3v) is 2.36. The Hall–Kier alpha value is 0.610. The van der Waals surface area contributed by atoms with Crippen LogP contribution in [0.4, 0.5) is 0 Å². The van der Waals surface area contributed by atoms with Gasteiger partial charge in [0.25, 0.3) is 0 Å². The summed E-state index contributed by atoms with van der Waals surface area (Å²) in [4.78, 5) is 0. The van der Waals surface area contributed by atoms with Gasteiger partial charge in [-0.25, -0.2) is 3.11 Å². The number of nitrogens with two attached hydrogens (primary N) is 1. The lowest BCUT2D eigenvalue weighted by molar-refractivity contribution is 0.105. The molecule has 1 fully saturated rings. The van der Waals surface area contributed by atoms with Gasteiger partial charge in [-0.2, -0.15) is 0 Å². The molecular weight excluding hydrogens is 231 g/mol. The molecule has 2 atom stereocenters. The minimum atomic E-state index is 0.201. The van der Waals surface area contributed by atoms with E-state index in [1.54, 1.807) is 7.11 Å². The number of hydrogen-bond acceptors (Lipinski definition) is 3. The van der Waals surface area contributed by atoms with Gasteiger partial charge in [-0.05, 0) is 0 Å². The highest BCUT2D eigenvalue weighted by atomic mass is 127. The molecule has 1 aliphatic heterocycles. The molecule has 54 valence electrons. The third kappa shape index (κ3) is 1.76. The van der Waals surface area contributed by atoms with Gasteiger partial charge in [0.15, 0.2) is 0 Å². The summed E-state index contributed by atoms with van der Waals surface area (Å²) in [7, 11) is 1.71. The van der Waals surface area contributed by atoms with E-state index in [1.165, 1.54) is 0 Å². The Labute approximate surface area is 69.0 Å². The van der Waals surface area contributed by atoms with E-state index in [-0.39, 0.29) is 12.1 Å². The van der Waals surface area contributed by atoms with Gasteiger partial charge >= 0.3 is 0 Å². The van der Waals surface area contributed by atoms with Crippen LogP contribution in [0.15, 0.2) is 0 Å². The molecule has 0 saturated carbocycles. The van der Waals surface area contributed by atoms with Crippen molar-refractivity contribution in [2.24, 2.45) is 5.73 Å². The number of ether oxygens (including phenoxy) is 1. The molecule has 3 nitrogen and oxygen atoms in total. The zero-order valence-electron chi connectivity index (χ0n) is 5.38. The first-order valence-electron chi connectivity index (χ1n) is 2.93. The van der Waals surface area contributed by atoms with Gasteiger partial charge in [0, 0.05) is 49.1 Å². The third-order valence-electron chi connectivity index (χ3n) is 1.57. The molecular formula is C5H11IN2O. The van der Waals surface area contributed by atoms with Crippen LogP contribution in [0.3, 0.4) is 0 Å². The maximum Gasteiger partial charge on any atom is 0.0869 e. The highest BCUT2D eigenvalue weighted by Crippen LogP contribution is 2.14. The van der Waals surface area contributed by atoms with Gasteiger partial charge in [-0.15, -0.1) is 0 Å². The van der Waals surface area contributed by atoms with Gasteiger partial charge < -0.3 is 10.5 Å². The fraction of sp³-hybridized carbons (Fsp3) is 1.00. The first-order chi connectivity index (χ1) is 4.24. The van der Waals surface area contributed by atoms with E-state index >= 15 is 0 Å². The average molecular weight is 242 g/mol. The lowest BCUT2D eigenvalue weighted by Gasteiger charge is -2.09. The van der Waals surface area contributed by atoms with E-state index in [9.17, 15) is 0 Å². The van der Waals surface area contributed by atoms with Crippen molar-refractivity contribution in [2.75, 3.05) is 20.2 Å². The topological polar surface area (TPSA) is 38.5 Å². The molecule has 0 radical (unpaired) electrons. The number of hydrogen-bond donors (Lipinski definition) is 1. The first-order valence-corrected chi connectivity index (χ1v) is 3.89. The van der Waals surface area contributed by atoms with Crippen molar-refractivity contribution in [1.29, 1.82) is 0 Å². The molecule has 2 N–H and O–H groups in total. The second-order valence-corrected chi connectivity index (χ2v) is 3.63. The van der Waals surface area contributed by atoms with Crippen molar-refractivity contribution < 1.29 is 4.74 Å². The lowest BCUT2D eigenvalue weighted by Crippen LogP contribution is -2.34. The summed E-state index contributed by atoms with van der Waals surface area (Å²) in [6.07, 6.45) is 0.238. The molecule has 1 rings (SSSR count). The van der Waals surface area contributed by atoms with Crippen LogP contribution in [0, 0.1) is 0 Å². The van der Waals surface area contributed by atoms with Crippen molar-refractivity contribution in [1.82, 2.24) is 3.11 Å². The summed E-state index contributed by atoms with van der Waals surface area (Å²) in [5, 5.41) is 0. The standard InChI is InChI=1S/C5H11IN2O/c1-9-5-3-8(6)2-4(5)7/h4-5H,2-3,7H2,1H3. The SMILES string of the molecule is COC1CN(I)CC1N. The molecule has 1 aliphatic rings. The summed E-state index contributed by atoms with van der Waals surface area (Å²) < 4.78 is 7.27. The van der Waals surface area contributed by atoms with Crippen LogP contribution in [0.2, 0.25) is 0 Å². The molecule has 0 bridgehead atoms. The second kappa shape index (κ2) is 3.14. The van der Waals surface area contributed by atoms with E-state index in [2.05, 4.69) is 26.0 Å². The van der Waals surface area contributed by atoms with Crippen molar-refractivity contribution in [2.45, 2.75) is 12.1 Å². The van der Waals surface area contributed by atoms with Crippen LogP contribution >= 0.6 is 22.9 Å². The van der Waals surface area contributed by atoms with Gasteiger partial charge in [-0.3, -0.25) is 0 Å². The highest BCUT2D eigenvalue weighted by molar-refractivity contribution is 14.1. The van der Waals surface area contributed by atoms with Crippen LogP contribution < -0.4 is 5.73 Å². The Morgan fingerprint density at radius 3 is 2.56 bits per heavy atom. The summed E-state index contributed by atoms with van der Waals surface area (Å²) >= 11 is 2.26. The molecule has 4 heteroatoms. The molecule has 9 heavy (non-hydrogen) atoms. The summed E-state index contributed by atoms with van der Waals surface area (Å²) in [6.45, 7) is 1.90. The summed E-state index contributed by atoms with van der Waals surface area (Å²) in [6, 6.07) is 0.201. The average Bonchev–Trinajstić information content (AvgIpc) is 2.10. The van der Waals surface area contributed by atoms with Crippen LogP contribution in [0.1, 0.15) is 0 Å². The van der Waals surface area contributed by atoms with Crippen molar-refractivity contribution in [3.8, 4) is 0 Å². The smallest absolute Gasteiger partial charge is 0.0869 e. The van der Waals surface area contributed by atoms with E-state index in [1.807, 2.05) is 0 Å². The van der Waals surface area contributed by atoms with Crippen LogP contribution in [-0.2, 0) is 4.74 Å². The maximum absolute atomic E-state index is 5.71. The minimum Gasteiger partial charge on any atom is -0.378 e. The van der Waals surface area contributed by atoms with Crippen LogP contribution in [0.5, 0.6) is 0 Å². The second-order valence-electron chi connectivity index (χ2n) is 2.27. The Morgan fingerprint density at radius 1 is 1.67 bits per heavy atom. The number of rotatable bonds is 1. The number of halogens is 1. The molecule has 1 heterocycles. The molecule has 0 spiro atoms. The van der Waals surface area contributed by atoms with Crippen molar-refractivity contribution in [3.63, 3.8) is 0 Å². The Bertz CT molecular complexity index is 101. The van der Waals surface area contributed by atoms with E-state index < -0.39 is 0 Å². The first kappa shape index (κ1) is 7.71. The molecule has 0 aromatic carbocycles. The predicted molar refractivity (Wildman–Crippen MR) is 44.4 cm³/mol. The van der Waals surface area contributed by atoms with Crippen molar-refractivity contribution >= 4 is 22.9 Å². The van der Waals surface area contributed by atoms with Crippen molar-refractivity contribution in [3.05, 3.63) is 0 Å². The fourth-order valence-corrected chi connectivity index (χ4v) is 1.84. The predicted octanol–water partition coefficient (Wildman–Crippen LogP) is -0.00570. The monoisotopic (exact) mass is 242 g/mol. The van der Waals surface area contributed by atoms with E-state index in [0.717, 1.165) is 13.1 Å². The molecule has 0 aromatic heterocycles. The normalized spacial score (nSPS) is 37.7. The van der Waals surface area contributed by atoms with Gasteiger partial charge in [-0.1, -0.05) is 0 Å². The summed E-state index contributed by atoms with van der Waals surface area (Å²) in [5.74, 6) is 0. The number of nitrogens with zero attached hydrogens (tertiary/aromatic N) is 1.